The summed E-state index contributed by atoms with van der Waals surface area (Å²) in [4.78, 5) is 10.7. The second-order valence-corrected chi connectivity index (χ2v) is 2.12. The molecule has 1 N–H and O–H groups in total. The quantitative estimate of drug-likeness (QED) is 0.678. The highest BCUT2D eigenvalue weighted by atomic mass is 16.2. The number of nitrogens with zero attached hydrogens (tertiary/aromatic N) is 3. The number of unbranched alkanes of at least 4 members (excludes halogenated alkanes) is 1. The van der Waals surface area contributed by atoms with E-state index in [1.807, 2.05) is 6.08 Å². The maximum Gasteiger partial charge on any atom is 0.365 e. The summed E-state index contributed by atoms with van der Waals surface area (Å²) < 4.78 is 1.16. The van der Waals surface area contributed by atoms with Crippen molar-refractivity contribution in [3.63, 3.8) is 0 Å². The lowest BCUT2D eigenvalue weighted by Gasteiger charge is -1.84. The van der Waals surface area contributed by atoms with Gasteiger partial charge in [0.2, 0.25) is 0 Å². The molecule has 0 unspecified atom stereocenters. The van der Waals surface area contributed by atoms with E-state index in [-0.39, 0.29) is 5.69 Å². The monoisotopic (exact) mass is 154 g/mol. The second kappa shape index (κ2) is 3.70. The number of aromatic amines is 1. The van der Waals surface area contributed by atoms with Gasteiger partial charge in [0.25, 0.3) is 0 Å². The minimum atomic E-state index is -0.308. The van der Waals surface area contributed by atoms with Crippen LogP contribution < -0.4 is 5.69 Å². The molecule has 0 amide bonds. The predicted molar refractivity (Wildman–Crippen MR) is 40.9 cm³/mol. The maximum absolute atomic E-state index is 10.7. The predicted octanol–water partition coefficient (Wildman–Crippen LogP) is 0.237. The number of allylic oxidation sites excluding steroid dienone is 1. The first-order chi connectivity index (χ1) is 5.34. The Kier molecular flexibility index (Phi) is 2.59. The lowest BCUT2D eigenvalue weighted by molar-refractivity contribution is 0.808. The van der Waals surface area contributed by atoms with Crippen LogP contribution in [-0.4, -0.2) is 20.2 Å². The van der Waals surface area contributed by atoms with Gasteiger partial charge in [-0.25, -0.2) is 9.89 Å². The van der Waals surface area contributed by atoms with Crippen LogP contribution >= 0.6 is 0 Å². The lowest BCUT2D eigenvalue weighted by Crippen LogP contribution is -2.12. The second-order valence-electron chi connectivity index (χ2n) is 2.12. The van der Waals surface area contributed by atoms with Gasteiger partial charge in [0, 0.05) is 6.20 Å². The molecule has 5 nitrogen and oxygen atoms in total. The zero-order valence-corrected chi connectivity index (χ0v) is 6.32. The van der Waals surface area contributed by atoms with E-state index in [4.69, 9.17) is 0 Å². The van der Waals surface area contributed by atoms with Gasteiger partial charge >= 0.3 is 5.69 Å². The molecule has 11 heavy (non-hydrogen) atoms. The van der Waals surface area contributed by atoms with Crippen LogP contribution in [0.5, 0.6) is 0 Å². The summed E-state index contributed by atoms with van der Waals surface area (Å²) in [6.07, 6.45) is 5.49. The topological polar surface area (TPSA) is 63.6 Å². The maximum atomic E-state index is 10.7. The van der Waals surface area contributed by atoms with Crippen LogP contribution in [0.2, 0.25) is 0 Å². The minimum Gasteiger partial charge on any atom is -0.244 e. The van der Waals surface area contributed by atoms with E-state index in [0.29, 0.717) is 0 Å². The SMILES string of the molecule is CCCC=Cn1nn[nH]c1=O. The Morgan fingerprint density at radius 1 is 1.73 bits per heavy atom. The first-order valence-corrected chi connectivity index (χ1v) is 3.51. The summed E-state index contributed by atoms with van der Waals surface area (Å²) in [6.45, 7) is 2.07. The molecule has 1 rings (SSSR count). The summed E-state index contributed by atoms with van der Waals surface area (Å²) in [7, 11) is 0. The highest BCUT2D eigenvalue weighted by molar-refractivity contribution is 5.17. The number of hydrogen-bond acceptors (Lipinski definition) is 3. The molecule has 1 aromatic heterocycles. The van der Waals surface area contributed by atoms with Gasteiger partial charge in [0.1, 0.15) is 0 Å². The fraction of sp³-hybridized carbons (Fsp3) is 0.500. The molecule has 0 fully saturated rings. The molecule has 60 valence electrons. The van der Waals surface area contributed by atoms with Crippen molar-refractivity contribution < 1.29 is 0 Å². The van der Waals surface area contributed by atoms with Gasteiger partial charge in [-0.2, -0.15) is 4.68 Å². The summed E-state index contributed by atoms with van der Waals surface area (Å²) in [5.74, 6) is 0. The number of nitrogens with one attached hydrogen (secondary N) is 1. The van der Waals surface area contributed by atoms with Gasteiger partial charge in [-0.05, 0) is 16.8 Å². The largest absolute Gasteiger partial charge is 0.365 e. The Morgan fingerprint density at radius 2 is 2.55 bits per heavy atom. The number of rotatable bonds is 3. The molecule has 0 spiro atoms. The first kappa shape index (κ1) is 7.71. The summed E-state index contributed by atoms with van der Waals surface area (Å²) in [5, 5.41) is 9.01. The molecule has 1 aromatic rings. The van der Waals surface area contributed by atoms with Gasteiger partial charge in [0.05, 0.1) is 0 Å². The molecule has 0 saturated carbocycles. The van der Waals surface area contributed by atoms with E-state index in [1.54, 1.807) is 6.20 Å². The number of H-pyrrole nitrogens is 1. The molecule has 0 aliphatic carbocycles. The Balaban J connectivity index is 2.64. The summed E-state index contributed by atoms with van der Waals surface area (Å²) >= 11 is 0. The van der Waals surface area contributed by atoms with Crippen LogP contribution in [0.25, 0.3) is 6.20 Å². The Labute approximate surface area is 63.7 Å². The molecule has 5 heteroatoms. The third kappa shape index (κ3) is 2.03. The van der Waals surface area contributed by atoms with Crippen molar-refractivity contribution >= 4 is 6.20 Å². The van der Waals surface area contributed by atoms with Crippen molar-refractivity contribution in [3.05, 3.63) is 16.6 Å². The standard InChI is InChI=1S/C6H10N4O/c1-2-3-4-5-10-6(11)7-8-9-10/h4-5H,2-3H2,1H3,(H,7,9,11). The third-order valence-corrected chi connectivity index (χ3v) is 1.20. The van der Waals surface area contributed by atoms with E-state index in [0.717, 1.165) is 17.5 Å². The number of hydrogen-bond donors (Lipinski definition) is 1. The van der Waals surface area contributed by atoms with Crippen LogP contribution in [0.15, 0.2) is 10.9 Å². The Bertz CT molecular complexity index is 285. The lowest BCUT2D eigenvalue weighted by atomic mass is 10.3. The average molecular weight is 154 g/mol. The van der Waals surface area contributed by atoms with E-state index in [9.17, 15) is 4.79 Å². The molecule has 0 aromatic carbocycles. The van der Waals surface area contributed by atoms with Crippen LogP contribution in [0.4, 0.5) is 0 Å². The molecule has 0 bridgehead atoms. The fourth-order valence-corrected chi connectivity index (χ4v) is 0.644. The molecular weight excluding hydrogens is 144 g/mol. The smallest absolute Gasteiger partial charge is 0.244 e. The molecule has 0 aliphatic heterocycles. The summed E-state index contributed by atoms with van der Waals surface area (Å²) in [5.41, 5.74) is -0.308. The van der Waals surface area contributed by atoms with Crippen LogP contribution in [-0.2, 0) is 0 Å². The van der Waals surface area contributed by atoms with Gasteiger partial charge < -0.3 is 0 Å². The van der Waals surface area contributed by atoms with Gasteiger partial charge in [-0.15, -0.1) is 0 Å². The van der Waals surface area contributed by atoms with E-state index in [1.165, 1.54) is 0 Å². The number of tetrazole rings is 1. The van der Waals surface area contributed by atoms with Crippen LogP contribution in [0.3, 0.4) is 0 Å². The van der Waals surface area contributed by atoms with Crippen molar-refractivity contribution in [2.45, 2.75) is 19.8 Å². The minimum absolute atomic E-state index is 0.308. The first-order valence-electron chi connectivity index (χ1n) is 3.51. The van der Waals surface area contributed by atoms with E-state index >= 15 is 0 Å². The van der Waals surface area contributed by atoms with Gasteiger partial charge in [-0.1, -0.05) is 19.4 Å². The molecule has 1 heterocycles. The Hall–Kier alpha value is -1.39. The van der Waals surface area contributed by atoms with Crippen molar-refractivity contribution in [2.24, 2.45) is 0 Å². The molecule has 0 saturated heterocycles. The van der Waals surface area contributed by atoms with Gasteiger partial charge in [-0.3, -0.25) is 0 Å². The van der Waals surface area contributed by atoms with E-state index in [2.05, 4.69) is 22.4 Å². The molecular formula is C6H10N4O. The Morgan fingerprint density at radius 3 is 3.09 bits per heavy atom. The summed E-state index contributed by atoms with van der Waals surface area (Å²) in [6, 6.07) is 0. The third-order valence-electron chi connectivity index (χ3n) is 1.20. The van der Waals surface area contributed by atoms with Crippen molar-refractivity contribution in [1.29, 1.82) is 0 Å². The van der Waals surface area contributed by atoms with E-state index < -0.39 is 0 Å². The normalized spacial score (nSPS) is 11.0. The average Bonchev–Trinajstić information content (AvgIpc) is 2.37. The molecule has 0 radical (unpaired) electrons. The molecule has 0 atom stereocenters. The van der Waals surface area contributed by atoms with Crippen LogP contribution in [0.1, 0.15) is 19.8 Å². The van der Waals surface area contributed by atoms with Crippen molar-refractivity contribution in [3.8, 4) is 0 Å². The molecule has 0 aliphatic rings. The van der Waals surface area contributed by atoms with Crippen molar-refractivity contribution in [1.82, 2.24) is 20.2 Å². The van der Waals surface area contributed by atoms with Crippen LogP contribution in [0, 0.1) is 0 Å². The zero-order chi connectivity index (χ0) is 8.10. The highest BCUT2D eigenvalue weighted by Crippen LogP contribution is 1.87. The highest BCUT2D eigenvalue weighted by Gasteiger charge is 1.90. The fourth-order valence-electron chi connectivity index (χ4n) is 0.644. The number of aromatic nitrogens is 4. The van der Waals surface area contributed by atoms with Gasteiger partial charge in [0.15, 0.2) is 0 Å². The zero-order valence-electron chi connectivity index (χ0n) is 6.32. The van der Waals surface area contributed by atoms with Crippen molar-refractivity contribution in [2.75, 3.05) is 0 Å².